The van der Waals surface area contributed by atoms with Gasteiger partial charge in [-0.3, -0.25) is 4.79 Å². The van der Waals surface area contributed by atoms with Crippen molar-refractivity contribution in [1.82, 2.24) is 10.6 Å². The number of benzene rings is 1. The maximum absolute atomic E-state index is 11.5. The quantitative estimate of drug-likeness (QED) is 0.745. The molecule has 0 saturated heterocycles. The molecule has 0 unspecified atom stereocenters. The minimum Gasteiger partial charge on any atom is -0.497 e. The van der Waals surface area contributed by atoms with Gasteiger partial charge in [0, 0.05) is 12.1 Å². The monoisotopic (exact) mass is 280 g/mol. The van der Waals surface area contributed by atoms with Crippen LogP contribution in [0.15, 0.2) is 24.3 Å². The number of hydrogen-bond donors (Lipinski definition) is 2. The van der Waals surface area contributed by atoms with Crippen LogP contribution in [0.1, 0.15) is 20.8 Å². The van der Waals surface area contributed by atoms with Crippen LogP contribution in [-0.2, 0) is 4.79 Å². The van der Waals surface area contributed by atoms with Crippen molar-refractivity contribution in [2.45, 2.75) is 26.3 Å². The zero-order valence-corrected chi connectivity index (χ0v) is 12.7. The van der Waals surface area contributed by atoms with E-state index < -0.39 is 0 Å². The molecular weight excluding hydrogens is 256 g/mol. The van der Waals surface area contributed by atoms with Crippen molar-refractivity contribution in [3.8, 4) is 11.5 Å². The summed E-state index contributed by atoms with van der Waals surface area (Å²) in [6, 6.07) is 7.40. The molecule has 112 valence electrons. The molecule has 1 amide bonds. The lowest BCUT2D eigenvalue weighted by Crippen LogP contribution is -2.45. The van der Waals surface area contributed by atoms with Crippen molar-refractivity contribution >= 4 is 5.91 Å². The van der Waals surface area contributed by atoms with E-state index in [0.717, 1.165) is 11.5 Å². The minimum atomic E-state index is -0.196. The Morgan fingerprint density at radius 3 is 2.30 bits per heavy atom. The molecule has 0 bridgehead atoms. The van der Waals surface area contributed by atoms with Gasteiger partial charge >= 0.3 is 0 Å². The van der Waals surface area contributed by atoms with Crippen molar-refractivity contribution in [3.05, 3.63) is 24.3 Å². The fourth-order valence-corrected chi connectivity index (χ4v) is 1.58. The normalized spacial score (nSPS) is 11.0. The molecule has 0 fully saturated rings. The zero-order valence-electron chi connectivity index (χ0n) is 12.7. The lowest BCUT2D eigenvalue weighted by Gasteiger charge is -2.20. The molecule has 1 rings (SSSR count). The van der Waals surface area contributed by atoms with Crippen LogP contribution in [0, 0.1) is 0 Å². The van der Waals surface area contributed by atoms with E-state index in [1.807, 2.05) is 45.0 Å². The summed E-state index contributed by atoms with van der Waals surface area (Å²) in [7, 11) is 1.63. The van der Waals surface area contributed by atoms with Crippen LogP contribution >= 0.6 is 0 Å². The topological polar surface area (TPSA) is 59.6 Å². The van der Waals surface area contributed by atoms with Gasteiger partial charge in [0.1, 0.15) is 18.1 Å². The van der Waals surface area contributed by atoms with E-state index in [2.05, 4.69) is 10.6 Å². The van der Waals surface area contributed by atoms with Gasteiger partial charge in [-0.2, -0.15) is 0 Å². The Labute approximate surface area is 120 Å². The average molecular weight is 280 g/mol. The van der Waals surface area contributed by atoms with Gasteiger partial charge in [0.2, 0.25) is 5.91 Å². The summed E-state index contributed by atoms with van der Waals surface area (Å²) >= 11 is 0. The first-order valence-corrected chi connectivity index (χ1v) is 6.69. The fourth-order valence-electron chi connectivity index (χ4n) is 1.58. The van der Waals surface area contributed by atoms with Crippen LogP contribution in [0.5, 0.6) is 11.5 Å². The van der Waals surface area contributed by atoms with Gasteiger partial charge in [0.25, 0.3) is 0 Å². The van der Waals surface area contributed by atoms with Crippen LogP contribution in [0.2, 0.25) is 0 Å². The Kier molecular flexibility index (Phi) is 6.31. The van der Waals surface area contributed by atoms with Crippen molar-refractivity contribution < 1.29 is 14.3 Å². The molecular formula is C15H24N2O3. The van der Waals surface area contributed by atoms with E-state index in [4.69, 9.17) is 9.47 Å². The molecule has 20 heavy (non-hydrogen) atoms. The van der Waals surface area contributed by atoms with Crippen LogP contribution in [-0.4, -0.2) is 38.3 Å². The Balaban J connectivity index is 2.14. The molecule has 0 aliphatic rings. The highest BCUT2D eigenvalue weighted by atomic mass is 16.5. The molecule has 0 atom stereocenters. The summed E-state index contributed by atoms with van der Waals surface area (Å²) in [6.45, 7) is 7.29. The average Bonchev–Trinajstić information content (AvgIpc) is 2.37. The first kappa shape index (κ1) is 16.3. The van der Waals surface area contributed by atoms with E-state index in [1.54, 1.807) is 7.11 Å². The summed E-state index contributed by atoms with van der Waals surface area (Å²) < 4.78 is 10.6. The SMILES string of the molecule is COc1ccc(OCCNCC(=O)NC(C)(C)C)cc1. The molecule has 2 N–H and O–H groups in total. The van der Waals surface area contributed by atoms with Crippen molar-refractivity contribution in [1.29, 1.82) is 0 Å². The summed E-state index contributed by atoms with van der Waals surface area (Å²) in [5.41, 5.74) is -0.196. The van der Waals surface area contributed by atoms with Gasteiger partial charge in [-0.05, 0) is 45.0 Å². The smallest absolute Gasteiger partial charge is 0.234 e. The van der Waals surface area contributed by atoms with Crippen molar-refractivity contribution in [2.75, 3.05) is 26.8 Å². The standard InChI is InChI=1S/C15H24N2O3/c1-15(2,3)17-14(18)11-16-9-10-20-13-7-5-12(19-4)6-8-13/h5-8,16H,9-11H2,1-4H3,(H,17,18). The number of hydrogen-bond acceptors (Lipinski definition) is 4. The molecule has 0 spiro atoms. The molecule has 0 aromatic heterocycles. The molecule has 5 nitrogen and oxygen atoms in total. The zero-order chi connectivity index (χ0) is 15.0. The maximum Gasteiger partial charge on any atom is 0.234 e. The second-order valence-electron chi connectivity index (χ2n) is 5.50. The van der Waals surface area contributed by atoms with E-state index in [9.17, 15) is 4.79 Å². The molecule has 0 heterocycles. The minimum absolute atomic E-state index is 0.0121. The third-order valence-corrected chi connectivity index (χ3v) is 2.41. The summed E-state index contributed by atoms with van der Waals surface area (Å²) in [5.74, 6) is 1.57. The van der Waals surface area contributed by atoms with Gasteiger partial charge < -0.3 is 20.1 Å². The van der Waals surface area contributed by atoms with Crippen LogP contribution in [0.3, 0.4) is 0 Å². The number of rotatable bonds is 7. The lowest BCUT2D eigenvalue weighted by molar-refractivity contribution is -0.121. The number of methoxy groups -OCH3 is 1. The molecule has 5 heteroatoms. The Bertz CT molecular complexity index is 410. The first-order chi connectivity index (χ1) is 9.40. The predicted molar refractivity (Wildman–Crippen MR) is 79.3 cm³/mol. The lowest BCUT2D eigenvalue weighted by atomic mass is 10.1. The van der Waals surface area contributed by atoms with Gasteiger partial charge in [-0.25, -0.2) is 0 Å². The van der Waals surface area contributed by atoms with Gasteiger partial charge in [-0.15, -0.1) is 0 Å². The van der Waals surface area contributed by atoms with E-state index in [0.29, 0.717) is 19.7 Å². The largest absolute Gasteiger partial charge is 0.497 e. The molecule has 0 radical (unpaired) electrons. The maximum atomic E-state index is 11.5. The Morgan fingerprint density at radius 1 is 1.15 bits per heavy atom. The second-order valence-corrected chi connectivity index (χ2v) is 5.50. The Morgan fingerprint density at radius 2 is 1.75 bits per heavy atom. The number of nitrogens with one attached hydrogen (secondary N) is 2. The van der Waals surface area contributed by atoms with Gasteiger partial charge in [-0.1, -0.05) is 0 Å². The second kappa shape index (κ2) is 7.75. The molecule has 0 aliphatic heterocycles. The van der Waals surface area contributed by atoms with E-state index in [-0.39, 0.29) is 11.4 Å². The summed E-state index contributed by atoms with van der Waals surface area (Å²) in [4.78, 5) is 11.5. The van der Waals surface area contributed by atoms with Gasteiger partial charge in [0.15, 0.2) is 0 Å². The number of carbonyl (C=O) groups excluding carboxylic acids is 1. The summed E-state index contributed by atoms with van der Waals surface area (Å²) in [5, 5.41) is 5.92. The van der Waals surface area contributed by atoms with Crippen molar-refractivity contribution in [3.63, 3.8) is 0 Å². The van der Waals surface area contributed by atoms with Gasteiger partial charge in [0.05, 0.1) is 13.7 Å². The third-order valence-electron chi connectivity index (χ3n) is 2.41. The number of carbonyl (C=O) groups is 1. The Hall–Kier alpha value is -1.75. The highest BCUT2D eigenvalue weighted by molar-refractivity contribution is 5.78. The van der Waals surface area contributed by atoms with Crippen LogP contribution < -0.4 is 20.1 Å². The predicted octanol–water partition coefficient (Wildman–Crippen LogP) is 1.58. The van der Waals surface area contributed by atoms with Crippen LogP contribution in [0.25, 0.3) is 0 Å². The van der Waals surface area contributed by atoms with E-state index in [1.165, 1.54) is 0 Å². The highest BCUT2D eigenvalue weighted by Crippen LogP contribution is 2.16. The number of ether oxygens (including phenoxy) is 2. The first-order valence-electron chi connectivity index (χ1n) is 6.69. The molecule has 0 saturated carbocycles. The van der Waals surface area contributed by atoms with E-state index >= 15 is 0 Å². The number of amides is 1. The van der Waals surface area contributed by atoms with Crippen LogP contribution in [0.4, 0.5) is 0 Å². The summed E-state index contributed by atoms with van der Waals surface area (Å²) in [6.07, 6.45) is 0. The molecule has 0 aliphatic carbocycles. The third kappa shape index (κ3) is 6.99. The fraction of sp³-hybridized carbons (Fsp3) is 0.533. The molecule has 1 aromatic carbocycles. The highest BCUT2D eigenvalue weighted by Gasteiger charge is 2.12. The van der Waals surface area contributed by atoms with Crippen molar-refractivity contribution in [2.24, 2.45) is 0 Å². The molecule has 1 aromatic rings.